The van der Waals surface area contributed by atoms with Crippen LogP contribution in [0.2, 0.25) is 0 Å². The molecule has 0 bridgehead atoms. The summed E-state index contributed by atoms with van der Waals surface area (Å²) in [5, 5.41) is 9.30. The first-order valence-corrected chi connectivity index (χ1v) is 9.89. The first kappa shape index (κ1) is 17.9. The van der Waals surface area contributed by atoms with Crippen LogP contribution in [0, 0.1) is 0 Å². The van der Waals surface area contributed by atoms with E-state index in [9.17, 15) is 14.7 Å². The minimum atomic E-state index is -0.882. The zero-order valence-electron chi connectivity index (χ0n) is 14.9. The van der Waals surface area contributed by atoms with E-state index in [4.69, 9.17) is 9.47 Å². The highest BCUT2D eigenvalue weighted by Gasteiger charge is 2.44. The normalized spacial score (nSPS) is 25.9. The summed E-state index contributed by atoms with van der Waals surface area (Å²) in [7, 11) is 1.96. The molecule has 7 nitrogen and oxygen atoms in total. The topological polar surface area (TPSA) is 79.3 Å². The highest BCUT2D eigenvalue weighted by molar-refractivity contribution is 7.14. The number of carbonyl (C=O) groups excluding carboxylic acids is 1. The predicted molar refractivity (Wildman–Crippen MR) is 95.7 cm³/mol. The maximum atomic E-state index is 12.9. The molecular formula is C18H24N2O5S. The zero-order chi connectivity index (χ0) is 18.3. The molecule has 26 heavy (non-hydrogen) atoms. The number of rotatable bonds is 2. The van der Waals surface area contributed by atoms with Gasteiger partial charge in [-0.25, -0.2) is 4.79 Å². The van der Waals surface area contributed by atoms with Crippen LogP contribution < -0.4 is 0 Å². The lowest BCUT2D eigenvalue weighted by atomic mass is 9.82. The number of carbonyl (C=O) groups is 2. The molecule has 1 aromatic heterocycles. The van der Waals surface area contributed by atoms with Crippen LogP contribution in [0.3, 0.4) is 0 Å². The molecule has 142 valence electrons. The molecule has 1 aromatic rings. The zero-order valence-corrected chi connectivity index (χ0v) is 15.7. The Balaban J connectivity index is 1.48. The predicted octanol–water partition coefficient (Wildman–Crippen LogP) is 1.17. The van der Waals surface area contributed by atoms with Gasteiger partial charge in [-0.05, 0) is 31.5 Å². The van der Waals surface area contributed by atoms with Gasteiger partial charge in [-0.15, -0.1) is 11.3 Å². The maximum absolute atomic E-state index is 12.9. The second-order valence-corrected chi connectivity index (χ2v) is 8.38. The lowest BCUT2D eigenvalue weighted by Crippen LogP contribution is -2.56. The summed E-state index contributed by atoms with van der Waals surface area (Å²) in [4.78, 5) is 29.7. The fraction of sp³-hybridized carbons (Fsp3) is 0.667. The molecule has 1 spiro atoms. The van der Waals surface area contributed by atoms with Gasteiger partial charge in [0.25, 0.3) is 0 Å². The number of thiophene rings is 1. The van der Waals surface area contributed by atoms with Crippen molar-refractivity contribution in [2.75, 3.05) is 46.5 Å². The summed E-state index contributed by atoms with van der Waals surface area (Å²) < 4.78 is 11.6. The van der Waals surface area contributed by atoms with Crippen molar-refractivity contribution in [2.45, 2.75) is 30.9 Å². The number of likely N-dealkylation sites (N-methyl/N-ethyl adjacent to an activating group) is 1. The van der Waals surface area contributed by atoms with Crippen molar-refractivity contribution in [2.24, 2.45) is 0 Å². The fourth-order valence-corrected chi connectivity index (χ4v) is 5.25. The van der Waals surface area contributed by atoms with Gasteiger partial charge in [0.15, 0.2) is 0 Å². The Morgan fingerprint density at radius 3 is 2.73 bits per heavy atom. The van der Waals surface area contributed by atoms with Crippen LogP contribution in [0.15, 0.2) is 6.07 Å². The monoisotopic (exact) mass is 380 g/mol. The summed E-state index contributed by atoms with van der Waals surface area (Å²) in [6, 6.07) is 1.57. The first-order valence-electron chi connectivity index (χ1n) is 9.07. The van der Waals surface area contributed by atoms with Crippen molar-refractivity contribution in [3.8, 4) is 0 Å². The number of nitrogens with zero attached hydrogens (tertiary/aromatic N) is 2. The number of piperidine rings is 1. The Labute approximate surface area is 156 Å². The van der Waals surface area contributed by atoms with Gasteiger partial charge in [-0.1, -0.05) is 0 Å². The summed E-state index contributed by atoms with van der Waals surface area (Å²) in [6.07, 6.45) is 2.18. The first-order chi connectivity index (χ1) is 12.5. The average Bonchev–Trinajstić information content (AvgIpc) is 3.09. The number of amides is 1. The molecule has 0 aliphatic carbocycles. The van der Waals surface area contributed by atoms with E-state index >= 15 is 0 Å². The molecule has 2 saturated heterocycles. The third-order valence-corrected chi connectivity index (χ3v) is 6.96. The molecule has 1 N–H and O–H groups in total. The molecule has 0 radical (unpaired) electrons. The molecule has 3 aliphatic heterocycles. The fourth-order valence-electron chi connectivity index (χ4n) is 4.18. The van der Waals surface area contributed by atoms with E-state index in [-0.39, 0.29) is 11.9 Å². The highest BCUT2D eigenvalue weighted by Crippen LogP contribution is 2.44. The lowest BCUT2D eigenvalue weighted by Gasteiger charge is -2.45. The van der Waals surface area contributed by atoms with E-state index in [2.05, 4.69) is 4.90 Å². The molecule has 0 aromatic carbocycles. The number of aromatic carboxylic acids is 1. The summed E-state index contributed by atoms with van der Waals surface area (Å²) in [5.74, 6) is -0.762. The minimum Gasteiger partial charge on any atom is -0.477 e. The van der Waals surface area contributed by atoms with Crippen molar-refractivity contribution in [3.63, 3.8) is 0 Å². The molecule has 2 fully saturated rings. The number of likely N-dealkylation sites (tertiary alicyclic amines) is 1. The molecule has 0 saturated carbocycles. The molecule has 4 rings (SSSR count). The van der Waals surface area contributed by atoms with E-state index in [1.54, 1.807) is 6.07 Å². The number of hydrogen-bond acceptors (Lipinski definition) is 6. The van der Waals surface area contributed by atoms with Crippen molar-refractivity contribution in [1.29, 1.82) is 0 Å². The Bertz CT molecular complexity index is 710. The van der Waals surface area contributed by atoms with Gasteiger partial charge in [0.05, 0.1) is 25.4 Å². The standard InChI is InChI=1S/C18H24N2O5S/c1-19-7-9-24-11-13(19)16(21)20-5-3-18(4-6-20)12-10-15(17(22)23)26-14(12)2-8-25-18/h10,13H,2-9,11H2,1H3,(H,22,23)/t13-/m0/s1. The quantitative estimate of drug-likeness (QED) is 0.830. The van der Waals surface area contributed by atoms with Crippen LogP contribution in [0.1, 0.15) is 33.0 Å². The largest absolute Gasteiger partial charge is 0.477 e. The third-order valence-electron chi connectivity index (χ3n) is 5.78. The Kier molecular flexibility index (Phi) is 4.77. The Morgan fingerprint density at radius 2 is 2.04 bits per heavy atom. The van der Waals surface area contributed by atoms with E-state index in [1.807, 2.05) is 11.9 Å². The highest BCUT2D eigenvalue weighted by atomic mass is 32.1. The van der Waals surface area contributed by atoms with Crippen LogP contribution in [-0.2, 0) is 26.3 Å². The smallest absolute Gasteiger partial charge is 0.345 e. The third kappa shape index (κ3) is 3.05. The van der Waals surface area contributed by atoms with E-state index in [0.717, 1.165) is 23.4 Å². The van der Waals surface area contributed by atoms with E-state index < -0.39 is 11.6 Å². The van der Waals surface area contributed by atoms with Crippen molar-refractivity contribution in [1.82, 2.24) is 9.80 Å². The average molecular weight is 380 g/mol. The van der Waals surface area contributed by atoms with Crippen molar-refractivity contribution >= 4 is 23.2 Å². The number of carboxylic acid groups (broad SMARTS) is 1. The second kappa shape index (κ2) is 6.92. The minimum absolute atomic E-state index is 0.120. The van der Waals surface area contributed by atoms with Gasteiger partial charge in [0.1, 0.15) is 10.9 Å². The molecule has 8 heteroatoms. The summed E-state index contributed by atoms with van der Waals surface area (Å²) in [5.41, 5.74) is 0.583. The number of morpholine rings is 1. The Morgan fingerprint density at radius 1 is 1.27 bits per heavy atom. The summed E-state index contributed by atoms with van der Waals surface area (Å²) in [6.45, 7) is 3.75. The van der Waals surface area contributed by atoms with Crippen LogP contribution in [0.25, 0.3) is 0 Å². The van der Waals surface area contributed by atoms with Gasteiger partial charge in [0.2, 0.25) is 5.91 Å². The van der Waals surface area contributed by atoms with Crippen molar-refractivity contribution in [3.05, 3.63) is 21.4 Å². The van der Waals surface area contributed by atoms with Crippen LogP contribution in [0.4, 0.5) is 0 Å². The molecule has 1 amide bonds. The van der Waals surface area contributed by atoms with Crippen LogP contribution in [-0.4, -0.2) is 79.3 Å². The molecule has 0 unspecified atom stereocenters. The van der Waals surface area contributed by atoms with Gasteiger partial charge < -0.3 is 19.5 Å². The molecule has 3 aliphatic rings. The summed E-state index contributed by atoms with van der Waals surface area (Å²) >= 11 is 1.36. The van der Waals surface area contributed by atoms with E-state index in [0.29, 0.717) is 50.6 Å². The number of fused-ring (bicyclic) bond motifs is 2. The van der Waals surface area contributed by atoms with Gasteiger partial charge in [-0.2, -0.15) is 0 Å². The van der Waals surface area contributed by atoms with Crippen LogP contribution in [0.5, 0.6) is 0 Å². The number of hydrogen-bond donors (Lipinski definition) is 1. The second-order valence-electron chi connectivity index (χ2n) is 7.24. The van der Waals surface area contributed by atoms with Crippen molar-refractivity contribution < 1.29 is 24.2 Å². The Hall–Kier alpha value is -1.48. The van der Waals surface area contributed by atoms with Gasteiger partial charge >= 0.3 is 5.97 Å². The number of ether oxygens (including phenoxy) is 2. The molecule has 1 atom stereocenters. The van der Waals surface area contributed by atoms with Gasteiger partial charge in [0, 0.05) is 30.9 Å². The SMILES string of the molecule is CN1CCOC[C@H]1C(=O)N1CCC2(CC1)OCCc1sc(C(=O)O)cc12. The van der Waals surface area contributed by atoms with Gasteiger partial charge in [-0.3, -0.25) is 9.69 Å². The maximum Gasteiger partial charge on any atom is 0.345 e. The van der Waals surface area contributed by atoms with E-state index in [1.165, 1.54) is 11.3 Å². The molecular weight excluding hydrogens is 356 g/mol. The van der Waals surface area contributed by atoms with Crippen LogP contribution >= 0.6 is 11.3 Å². The molecule has 4 heterocycles. The number of carboxylic acids is 1. The lowest BCUT2D eigenvalue weighted by molar-refractivity contribution is -0.150.